The molecule has 3 N–H and O–H groups in total. The molecule has 3 atom stereocenters. The smallest absolute Gasteiger partial charge is 0.315 e. The number of nitrogens with one attached hydrogen (secondary N) is 2. The minimum Gasteiger partial charge on any atom is -0.391 e. The molecule has 1 saturated carbocycles. The van der Waals surface area contributed by atoms with Gasteiger partial charge in [0.15, 0.2) is 5.82 Å². The van der Waals surface area contributed by atoms with Crippen molar-refractivity contribution in [1.82, 2.24) is 30.4 Å². The molecule has 8 nitrogen and oxygen atoms in total. The number of urea groups is 1. The number of aryl methyl sites for hydroxylation is 1. The fourth-order valence-electron chi connectivity index (χ4n) is 3.37. The maximum Gasteiger partial charge on any atom is 0.315 e. The molecule has 140 valence electrons. The maximum atomic E-state index is 11.9. The Bertz CT molecular complexity index is 733. The number of hydrogen-bond acceptors (Lipinski definition) is 5. The van der Waals surface area contributed by atoms with E-state index in [0.29, 0.717) is 25.2 Å². The number of carbonyl (C=O) groups is 1. The van der Waals surface area contributed by atoms with E-state index in [4.69, 9.17) is 4.98 Å². The molecule has 2 amide bonds. The first kappa shape index (κ1) is 18.3. The van der Waals surface area contributed by atoms with Crippen molar-refractivity contribution in [1.29, 1.82) is 0 Å². The van der Waals surface area contributed by atoms with Gasteiger partial charge in [-0.25, -0.2) is 9.78 Å². The molecule has 3 rings (SSSR count). The molecule has 26 heavy (non-hydrogen) atoms. The fourth-order valence-corrected chi connectivity index (χ4v) is 3.37. The van der Waals surface area contributed by atoms with E-state index in [0.717, 1.165) is 24.2 Å². The molecule has 2 heterocycles. The first-order valence-electron chi connectivity index (χ1n) is 9.12. The Balaban J connectivity index is 1.71. The molecular weight excluding hydrogens is 332 g/mol. The van der Waals surface area contributed by atoms with Gasteiger partial charge in [-0.05, 0) is 37.8 Å². The molecule has 2 aromatic heterocycles. The average Bonchev–Trinajstić information content (AvgIpc) is 3.04. The van der Waals surface area contributed by atoms with Gasteiger partial charge >= 0.3 is 6.03 Å². The third-order valence-corrected chi connectivity index (χ3v) is 4.75. The number of hydrogen-bond donors (Lipinski definition) is 3. The van der Waals surface area contributed by atoms with E-state index in [1.807, 2.05) is 26.1 Å². The van der Waals surface area contributed by atoms with Crippen LogP contribution in [0.5, 0.6) is 0 Å². The van der Waals surface area contributed by atoms with Gasteiger partial charge < -0.3 is 15.7 Å². The predicted molar refractivity (Wildman–Crippen MR) is 97.4 cm³/mol. The second-order valence-electron chi connectivity index (χ2n) is 6.74. The molecule has 0 unspecified atom stereocenters. The summed E-state index contributed by atoms with van der Waals surface area (Å²) in [5.74, 6) is 1.65. The van der Waals surface area contributed by atoms with Crippen LogP contribution in [-0.4, -0.2) is 49.6 Å². The van der Waals surface area contributed by atoms with Gasteiger partial charge in [-0.2, -0.15) is 5.10 Å². The highest BCUT2D eigenvalue weighted by Gasteiger charge is 2.33. The van der Waals surface area contributed by atoms with Crippen LogP contribution in [-0.2, 0) is 7.05 Å². The molecule has 2 aromatic rings. The zero-order valence-corrected chi connectivity index (χ0v) is 15.2. The van der Waals surface area contributed by atoms with Gasteiger partial charge in [-0.3, -0.25) is 9.67 Å². The molecular formula is C18H26N6O2. The fraction of sp³-hybridized carbons (Fsp3) is 0.556. The van der Waals surface area contributed by atoms with Crippen LogP contribution < -0.4 is 10.6 Å². The average molecular weight is 358 g/mol. The number of aliphatic hydroxyl groups excluding tert-OH is 1. The van der Waals surface area contributed by atoms with Gasteiger partial charge in [0.1, 0.15) is 5.82 Å². The van der Waals surface area contributed by atoms with Gasteiger partial charge in [0.2, 0.25) is 0 Å². The number of amides is 2. The van der Waals surface area contributed by atoms with Crippen molar-refractivity contribution >= 4 is 6.03 Å². The lowest BCUT2D eigenvalue weighted by atomic mass is 9.83. The van der Waals surface area contributed by atoms with E-state index in [1.165, 1.54) is 0 Å². The van der Waals surface area contributed by atoms with Crippen LogP contribution in [0.2, 0.25) is 0 Å². The van der Waals surface area contributed by atoms with Gasteiger partial charge in [-0.1, -0.05) is 6.92 Å². The molecule has 0 aromatic carbocycles. The van der Waals surface area contributed by atoms with Crippen molar-refractivity contribution in [2.75, 3.05) is 6.54 Å². The number of pyridine rings is 1. The van der Waals surface area contributed by atoms with Crippen molar-refractivity contribution in [3.63, 3.8) is 0 Å². The Morgan fingerprint density at radius 1 is 1.42 bits per heavy atom. The highest BCUT2D eigenvalue weighted by Crippen LogP contribution is 2.33. The molecule has 1 fully saturated rings. The summed E-state index contributed by atoms with van der Waals surface area (Å²) >= 11 is 0. The van der Waals surface area contributed by atoms with Crippen LogP contribution in [0.15, 0.2) is 24.5 Å². The van der Waals surface area contributed by atoms with Crippen LogP contribution in [0.4, 0.5) is 4.79 Å². The molecule has 1 aliphatic rings. The Labute approximate surface area is 153 Å². The first-order valence-corrected chi connectivity index (χ1v) is 9.12. The largest absolute Gasteiger partial charge is 0.391 e. The summed E-state index contributed by atoms with van der Waals surface area (Å²) in [6, 6.07) is 3.27. The lowest BCUT2D eigenvalue weighted by Gasteiger charge is -2.33. The Morgan fingerprint density at radius 3 is 3.00 bits per heavy atom. The van der Waals surface area contributed by atoms with Crippen LogP contribution in [0.1, 0.15) is 44.3 Å². The van der Waals surface area contributed by atoms with Crippen LogP contribution >= 0.6 is 0 Å². The molecule has 0 aliphatic heterocycles. The van der Waals surface area contributed by atoms with E-state index in [9.17, 15) is 9.90 Å². The standard InChI is InChI=1S/C18H26N6O2/c1-3-8-20-18(26)21-14-10-12(6-7-15(14)25)17-22-16(23-24(17)2)13-5-4-9-19-11-13/h4-5,9,11-12,14-15,25H,3,6-8,10H2,1-2H3,(H2,20,21,26)/t12-,14+,15+/m0/s1. The third-order valence-electron chi connectivity index (χ3n) is 4.75. The lowest BCUT2D eigenvalue weighted by molar-refractivity contribution is 0.0851. The second kappa shape index (κ2) is 8.27. The van der Waals surface area contributed by atoms with E-state index >= 15 is 0 Å². The van der Waals surface area contributed by atoms with Gasteiger partial charge in [0.05, 0.1) is 12.1 Å². The van der Waals surface area contributed by atoms with E-state index < -0.39 is 6.10 Å². The summed E-state index contributed by atoms with van der Waals surface area (Å²) in [4.78, 5) is 20.8. The lowest BCUT2D eigenvalue weighted by Crippen LogP contribution is -2.50. The number of nitrogens with zero attached hydrogens (tertiary/aromatic N) is 4. The normalized spacial score (nSPS) is 22.8. The minimum absolute atomic E-state index is 0.137. The summed E-state index contributed by atoms with van der Waals surface area (Å²) < 4.78 is 1.79. The number of aromatic nitrogens is 4. The summed E-state index contributed by atoms with van der Waals surface area (Å²) in [6.45, 7) is 2.62. The Morgan fingerprint density at radius 2 is 2.27 bits per heavy atom. The Kier molecular flexibility index (Phi) is 5.82. The van der Waals surface area contributed by atoms with E-state index in [2.05, 4.69) is 20.7 Å². The van der Waals surface area contributed by atoms with Crippen molar-refractivity contribution in [2.45, 2.75) is 50.7 Å². The highest BCUT2D eigenvalue weighted by atomic mass is 16.3. The topological polar surface area (TPSA) is 105 Å². The zero-order chi connectivity index (χ0) is 18.5. The Hall–Kier alpha value is -2.48. The van der Waals surface area contributed by atoms with Gasteiger partial charge in [0.25, 0.3) is 0 Å². The summed E-state index contributed by atoms with van der Waals surface area (Å²) in [5.41, 5.74) is 0.874. The van der Waals surface area contributed by atoms with Crippen molar-refractivity contribution in [3.8, 4) is 11.4 Å². The highest BCUT2D eigenvalue weighted by molar-refractivity contribution is 5.74. The third kappa shape index (κ3) is 4.19. The molecule has 0 radical (unpaired) electrons. The van der Waals surface area contributed by atoms with E-state index in [-0.39, 0.29) is 18.0 Å². The molecule has 0 saturated heterocycles. The van der Waals surface area contributed by atoms with Crippen molar-refractivity contribution in [2.24, 2.45) is 7.05 Å². The number of aliphatic hydroxyl groups is 1. The van der Waals surface area contributed by atoms with Crippen LogP contribution in [0.25, 0.3) is 11.4 Å². The summed E-state index contributed by atoms with van der Waals surface area (Å²) in [5, 5.41) is 20.5. The zero-order valence-electron chi connectivity index (χ0n) is 15.2. The molecule has 0 spiro atoms. The quantitative estimate of drug-likeness (QED) is 0.753. The van der Waals surface area contributed by atoms with Crippen LogP contribution in [0.3, 0.4) is 0 Å². The van der Waals surface area contributed by atoms with E-state index in [1.54, 1.807) is 17.1 Å². The van der Waals surface area contributed by atoms with Crippen molar-refractivity contribution in [3.05, 3.63) is 30.4 Å². The first-order chi connectivity index (χ1) is 12.6. The SMILES string of the molecule is CCCNC(=O)N[C@@H]1C[C@@H](c2nc(-c3cccnc3)nn2C)CC[C@H]1O. The molecule has 1 aliphatic carbocycles. The summed E-state index contributed by atoms with van der Waals surface area (Å²) in [7, 11) is 1.88. The number of rotatable bonds is 5. The van der Waals surface area contributed by atoms with Gasteiger partial charge in [0, 0.05) is 37.5 Å². The van der Waals surface area contributed by atoms with Crippen LogP contribution in [0, 0.1) is 0 Å². The molecule has 0 bridgehead atoms. The number of carbonyl (C=O) groups excluding carboxylic acids is 1. The van der Waals surface area contributed by atoms with Gasteiger partial charge in [-0.15, -0.1) is 0 Å². The maximum absolute atomic E-state index is 11.9. The molecule has 8 heteroatoms. The summed E-state index contributed by atoms with van der Waals surface area (Å²) in [6.07, 6.45) is 5.87. The predicted octanol–water partition coefficient (Wildman–Crippen LogP) is 1.58. The minimum atomic E-state index is -0.537. The second-order valence-corrected chi connectivity index (χ2v) is 6.74. The van der Waals surface area contributed by atoms with Crippen molar-refractivity contribution < 1.29 is 9.90 Å². The monoisotopic (exact) mass is 358 g/mol.